The number of hydrogen-bond acceptors (Lipinski definition) is 4. The molecule has 0 aromatic heterocycles. The van der Waals surface area contributed by atoms with Crippen LogP contribution in [0.5, 0.6) is 11.5 Å². The summed E-state index contributed by atoms with van der Waals surface area (Å²) < 4.78 is 23.8. The van der Waals surface area contributed by atoms with Crippen LogP contribution in [0.1, 0.15) is 18.0 Å². The molecule has 96 valence electrons. The van der Waals surface area contributed by atoms with Crippen molar-refractivity contribution in [3.8, 4) is 11.5 Å². The van der Waals surface area contributed by atoms with Gasteiger partial charge in [0.05, 0.1) is 5.92 Å². The Morgan fingerprint density at radius 2 is 2.17 bits per heavy atom. The molecule has 0 saturated carbocycles. The SMILES string of the molecule is O=C(O)C1CNC(c2ccc(F)c3c2OCO3)C1. The van der Waals surface area contributed by atoms with Crippen LogP contribution in [0.15, 0.2) is 12.1 Å². The number of hydrogen-bond donors (Lipinski definition) is 2. The third kappa shape index (κ3) is 1.69. The smallest absolute Gasteiger partial charge is 0.307 e. The van der Waals surface area contributed by atoms with Crippen LogP contribution < -0.4 is 14.8 Å². The minimum absolute atomic E-state index is 0.00164. The zero-order valence-corrected chi connectivity index (χ0v) is 9.48. The van der Waals surface area contributed by atoms with Gasteiger partial charge in [0.2, 0.25) is 12.5 Å². The Morgan fingerprint density at radius 1 is 1.39 bits per heavy atom. The fraction of sp³-hybridized carbons (Fsp3) is 0.417. The maximum atomic E-state index is 13.4. The number of ether oxygens (including phenoxy) is 2. The Morgan fingerprint density at radius 3 is 2.89 bits per heavy atom. The van der Waals surface area contributed by atoms with Crippen LogP contribution in [-0.2, 0) is 4.79 Å². The topological polar surface area (TPSA) is 67.8 Å². The molecule has 1 aromatic rings. The second kappa shape index (κ2) is 4.13. The molecule has 18 heavy (non-hydrogen) atoms. The number of carbonyl (C=O) groups is 1. The lowest BCUT2D eigenvalue weighted by molar-refractivity contribution is -0.141. The average Bonchev–Trinajstić information content (AvgIpc) is 2.98. The van der Waals surface area contributed by atoms with Gasteiger partial charge in [0.1, 0.15) is 0 Å². The van der Waals surface area contributed by atoms with E-state index in [1.54, 1.807) is 6.07 Å². The molecule has 1 aromatic carbocycles. The van der Waals surface area contributed by atoms with Crippen LogP contribution in [0.4, 0.5) is 4.39 Å². The van der Waals surface area contributed by atoms with Crippen molar-refractivity contribution in [1.82, 2.24) is 5.32 Å². The molecule has 2 N–H and O–H groups in total. The Balaban J connectivity index is 1.90. The molecule has 0 bridgehead atoms. The van der Waals surface area contributed by atoms with Gasteiger partial charge >= 0.3 is 5.97 Å². The van der Waals surface area contributed by atoms with Gasteiger partial charge in [-0.25, -0.2) is 4.39 Å². The van der Waals surface area contributed by atoms with E-state index < -0.39 is 17.7 Å². The molecule has 6 heteroatoms. The minimum atomic E-state index is -0.819. The summed E-state index contributed by atoms with van der Waals surface area (Å²) in [5.41, 5.74) is 0.757. The van der Waals surface area contributed by atoms with E-state index in [9.17, 15) is 9.18 Å². The van der Waals surface area contributed by atoms with Gasteiger partial charge in [-0.05, 0) is 12.5 Å². The van der Waals surface area contributed by atoms with Gasteiger partial charge in [-0.15, -0.1) is 0 Å². The largest absolute Gasteiger partial charge is 0.481 e. The van der Waals surface area contributed by atoms with Crippen molar-refractivity contribution in [2.75, 3.05) is 13.3 Å². The first-order valence-corrected chi connectivity index (χ1v) is 5.71. The number of halogens is 1. The van der Waals surface area contributed by atoms with Gasteiger partial charge in [0, 0.05) is 18.2 Å². The molecule has 0 aliphatic carbocycles. The highest BCUT2D eigenvalue weighted by Crippen LogP contribution is 2.43. The van der Waals surface area contributed by atoms with Crippen molar-refractivity contribution in [3.63, 3.8) is 0 Å². The summed E-state index contributed by atoms with van der Waals surface area (Å²) in [5.74, 6) is -1.19. The quantitative estimate of drug-likeness (QED) is 0.831. The maximum Gasteiger partial charge on any atom is 0.307 e. The number of rotatable bonds is 2. The molecule has 0 amide bonds. The van der Waals surface area contributed by atoms with Crippen LogP contribution in [0, 0.1) is 11.7 Å². The third-order valence-electron chi connectivity index (χ3n) is 3.36. The molecule has 0 radical (unpaired) electrons. The first-order valence-electron chi connectivity index (χ1n) is 5.71. The van der Waals surface area contributed by atoms with Crippen LogP contribution >= 0.6 is 0 Å². The normalized spacial score (nSPS) is 25.4. The van der Waals surface area contributed by atoms with Crippen molar-refractivity contribution in [1.29, 1.82) is 0 Å². The fourth-order valence-electron chi connectivity index (χ4n) is 2.42. The van der Waals surface area contributed by atoms with E-state index >= 15 is 0 Å². The first-order chi connectivity index (χ1) is 8.66. The van der Waals surface area contributed by atoms with Crippen molar-refractivity contribution in [2.24, 2.45) is 5.92 Å². The summed E-state index contributed by atoms with van der Waals surface area (Å²) in [7, 11) is 0. The predicted octanol–water partition coefficient (Wildman–Crippen LogP) is 1.29. The zero-order chi connectivity index (χ0) is 12.7. The van der Waals surface area contributed by atoms with E-state index in [0.29, 0.717) is 18.7 Å². The number of carboxylic acids is 1. The van der Waals surface area contributed by atoms with E-state index in [2.05, 4.69) is 5.32 Å². The lowest BCUT2D eigenvalue weighted by Gasteiger charge is -2.13. The lowest BCUT2D eigenvalue weighted by Crippen LogP contribution is -2.17. The number of aliphatic carboxylic acids is 1. The molecular weight excluding hydrogens is 241 g/mol. The summed E-state index contributed by atoms with van der Waals surface area (Å²) in [6.07, 6.45) is 0.469. The average molecular weight is 253 g/mol. The highest BCUT2D eigenvalue weighted by molar-refractivity contribution is 5.71. The van der Waals surface area contributed by atoms with E-state index in [4.69, 9.17) is 14.6 Å². The molecule has 2 unspecified atom stereocenters. The molecular formula is C12H12FNO4. The van der Waals surface area contributed by atoms with E-state index in [1.807, 2.05) is 0 Å². The highest BCUT2D eigenvalue weighted by Gasteiger charge is 2.34. The first kappa shape index (κ1) is 11.3. The molecule has 1 saturated heterocycles. The monoisotopic (exact) mass is 253 g/mol. The van der Waals surface area contributed by atoms with Gasteiger partial charge < -0.3 is 19.9 Å². The van der Waals surface area contributed by atoms with Crippen LogP contribution in [0.3, 0.4) is 0 Å². The van der Waals surface area contributed by atoms with E-state index in [1.165, 1.54) is 6.07 Å². The van der Waals surface area contributed by atoms with Gasteiger partial charge in [-0.3, -0.25) is 4.79 Å². The highest BCUT2D eigenvalue weighted by atomic mass is 19.1. The van der Waals surface area contributed by atoms with Crippen molar-refractivity contribution < 1.29 is 23.8 Å². The Labute approximate surface area is 103 Å². The number of fused-ring (bicyclic) bond motifs is 1. The molecule has 1 fully saturated rings. The molecule has 2 aliphatic rings. The molecule has 3 rings (SSSR count). The minimum Gasteiger partial charge on any atom is -0.481 e. The van der Waals surface area contributed by atoms with E-state index in [0.717, 1.165) is 5.56 Å². The Hall–Kier alpha value is -1.82. The molecule has 2 heterocycles. The van der Waals surface area contributed by atoms with Gasteiger partial charge in [-0.2, -0.15) is 0 Å². The second-order valence-electron chi connectivity index (χ2n) is 4.43. The Bertz CT molecular complexity index is 505. The summed E-state index contributed by atoms with van der Waals surface area (Å²) in [5, 5.41) is 12.1. The third-order valence-corrected chi connectivity index (χ3v) is 3.36. The molecule has 2 aliphatic heterocycles. The van der Waals surface area contributed by atoms with Gasteiger partial charge in [-0.1, -0.05) is 6.07 Å². The summed E-state index contributed by atoms with van der Waals surface area (Å²) >= 11 is 0. The Kier molecular flexibility index (Phi) is 2.59. The van der Waals surface area contributed by atoms with Crippen molar-refractivity contribution in [3.05, 3.63) is 23.5 Å². The summed E-state index contributed by atoms with van der Waals surface area (Å²) in [6.45, 7) is 0.408. The van der Waals surface area contributed by atoms with Gasteiger partial charge in [0.25, 0.3) is 0 Å². The zero-order valence-electron chi connectivity index (χ0n) is 9.48. The van der Waals surface area contributed by atoms with Crippen molar-refractivity contribution >= 4 is 5.97 Å². The summed E-state index contributed by atoms with van der Waals surface area (Å²) in [4.78, 5) is 10.9. The number of benzene rings is 1. The van der Waals surface area contributed by atoms with Crippen LogP contribution in [0.2, 0.25) is 0 Å². The fourth-order valence-corrected chi connectivity index (χ4v) is 2.42. The second-order valence-corrected chi connectivity index (χ2v) is 4.43. The maximum absolute atomic E-state index is 13.4. The van der Waals surface area contributed by atoms with E-state index in [-0.39, 0.29) is 18.6 Å². The number of carboxylic acid groups (broad SMARTS) is 1. The summed E-state index contributed by atoms with van der Waals surface area (Å²) in [6, 6.07) is 2.80. The number of nitrogens with one attached hydrogen (secondary N) is 1. The van der Waals surface area contributed by atoms with Gasteiger partial charge in [0.15, 0.2) is 11.6 Å². The van der Waals surface area contributed by atoms with Crippen LogP contribution in [-0.4, -0.2) is 24.4 Å². The lowest BCUT2D eigenvalue weighted by atomic mass is 9.99. The van der Waals surface area contributed by atoms with Crippen LogP contribution in [0.25, 0.3) is 0 Å². The predicted molar refractivity (Wildman–Crippen MR) is 59.0 cm³/mol. The van der Waals surface area contributed by atoms with Crippen molar-refractivity contribution in [2.45, 2.75) is 12.5 Å². The standard InChI is InChI=1S/C12H12FNO4/c13-8-2-1-7(10-11(8)18-5-17-10)9-3-6(4-14-9)12(15)16/h1-2,6,9,14H,3-5H2,(H,15,16). The molecule has 5 nitrogen and oxygen atoms in total. The molecule has 0 spiro atoms. The molecule has 2 atom stereocenters.